The maximum atomic E-state index is 12.6. The minimum Gasteiger partial charge on any atom is -0.508 e. The van der Waals surface area contributed by atoms with Crippen LogP contribution >= 0.6 is 0 Å². The second kappa shape index (κ2) is 5.53. The number of hydrogen-bond donors (Lipinski definition) is 2. The van der Waals surface area contributed by atoms with Crippen molar-refractivity contribution in [3.8, 4) is 5.75 Å². The predicted octanol–water partition coefficient (Wildman–Crippen LogP) is 1.41. The van der Waals surface area contributed by atoms with Crippen molar-refractivity contribution in [3.63, 3.8) is 0 Å². The van der Waals surface area contributed by atoms with E-state index in [1.165, 1.54) is 0 Å². The zero-order valence-corrected chi connectivity index (χ0v) is 11.8. The lowest BCUT2D eigenvalue weighted by Crippen LogP contribution is -2.54. The van der Waals surface area contributed by atoms with E-state index < -0.39 is 5.54 Å². The number of amides is 2. The third kappa shape index (κ3) is 2.92. The monoisotopic (exact) mass is 276 g/mol. The fourth-order valence-corrected chi connectivity index (χ4v) is 2.32. The van der Waals surface area contributed by atoms with Crippen molar-refractivity contribution in [2.45, 2.75) is 38.8 Å². The minimum atomic E-state index is -0.829. The molecule has 1 saturated heterocycles. The lowest BCUT2D eigenvalue weighted by Gasteiger charge is -2.31. The van der Waals surface area contributed by atoms with Crippen molar-refractivity contribution in [1.29, 1.82) is 0 Å². The van der Waals surface area contributed by atoms with Crippen molar-refractivity contribution < 1.29 is 14.7 Å². The first kappa shape index (κ1) is 14.4. The standard InChI is InChI=1S/C15H20N2O3/c1-3-15(2)14(20)17(9-8-13(19)16-15)10-11-4-6-12(18)7-5-11/h4-7,18H,3,8-10H2,1-2H3,(H,16,19). The van der Waals surface area contributed by atoms with Crippen LogP contribution in [0.4, 0.5) is 0 Å². The van der Waals surface area contributed by atoms with Crippen LogP contribution in [0.25, 0.3) is 0 Å². The van der Waals surface area contributed by atoms with Crippen LogP contribution in [0.2, 0.25) is 0 Å². The lowest BCUT2D eigenvalue weighted by atomic mass is 9.97. The van der Waals surface area contributed by atoms with Gasteiger partial charge in [-0.1, -0.05) is 19.1 Å². The van der Waals surface area contributed by atoms with E-state index in [-0.39, 0.29) is 17.6 Å². The summed E-state index contributed by atoms with van der Waals surface area (Å²) in [5.41, 5.74) is 0.105. The Morgan fingerprint density at radius 2 is 1.95 bits per heavy atom. The summed E-state index contributed by atoms with van der Waals surface area (Å²) in [5, 5.41) is 12.1. The zero-order chi connectivity index (χ0) is 14.8. The fraction of sp³-hybridized carbons (Fsp3) is 0.467. The maximum Gasteiger partial charge on any atom is 0.248 e. The molecule has 108 valence electrons. The fourth-order valence-electron chi connectivity index (χ4n) is 2.32. The number of phenols is 1. The van der Waals surface area contributed by atoms with Crippen LogP contribution in [0.15, 0.2) is 24.3 Å². The smallest absolute Gasteiger partial charge is 0.248 e. The summed E-state index contributed by atoms with van der Waals surface area (Å²) >= 11 is 0. The van der Waals surface area contributed by atoms with Crippen LogP contribution in [0, 0.1) is 0 Å². The molecule has 1 aromatic rings. The second-order valence-electron chi connectivity index (χ2n) is 5.38. The average molecular weight is 276 g/mol. The SMILES string of the molecule is CCC1(C)NC(=O)CCN(Cc2ccc(O)cc2)C1=O. The highest BCUT2D eigenvalue weighted by Gasteiger charge is 2.38. The van der Waals surface area contributed by atoms with Gasteiger partial charge in [-0.3, -0.25) is 9.59 Å². The summed E-state index contributed by atoms with van der Waals surface area (Å²) in [7, 11) is 0. The van der Waals surface area contributed by atoms with Gasteiger partial charge in [0.05, 0.1) is 0 Å². The summed E-state index contributed by atoms with van der Waals surface area (Å²) in [6, 6.07) is 6.76. The molecular weight excluding hydrogens is 256 g/mol. The Morgan fingerprint density at radius 3 is 2.55 bits per heavy atom. The number of hydrogen-bond acceptors (Lipinski definition) is 3. The third-order valence-electron chi connectivity index (χ3n) is 3.80. The normalized spacial score (nSPS) is 23.4. The van der Waals surface area contributed by atoms with E-state index in [4.69, 9.17) is 0 Å². The predicted molar refractivity (Wildman–Crippen MR) is 75.0 cm³/mol. The van der Waals surface area contributed by atoms with Gasteiger partial charge in [0.15, 0.2) is 0 Å². The molecule has 0 aromatic heterocycles. The Hall–Kier alpha value is -2.04. The number of phenolic OH excluding ortho intramolecular Hbond substituents is 1. The molecule has 2 N–H and O–H groups in total. The van der Waals surface area contributed by atoms with Gasteiger partial charge >= 0.3 is 0 Å². The Balaban J connectivity index is 2.19. The van der Waals surface area contributed by atoms with Crippen LogP contribution in [-0.4, -0.2) is 33.9 Å². The molecule has 0 bridgehead atoms. The van der Waals surface area contributed by atoms with Gasteiger partial charge in [-0.25, -0.2) is 0 Å². The Labute approximate surface area is 118 Å². The molecule has 20 heavy (non-hydrogen) atoms. The molecule has 1 heterocycles. The van der Waals surface area contributed by atoms with E-state index in [9.17, 15) is 14.7 Å². The molecule has 1 aliphatic heterocycles. The van der Waals surface area contributed by atoms with Crippen LogP contribution in [0.5, 0.6) is 5.75 Å². The van der Waals surface area contributed by atoms with E-state index in [0.717, 1.165) is 5.56 Å². The highest BCUT2D eigenvalue weighted by atomic mass is 16.3. The molecule has 1 atom stereocenters. The summed E-state index contributed by atoms with van der Waals surface area (Å²) in [5.74, 6) is 0.0565. The van der Waals surface area contributed by atoms with E-state index in [0.29, 0.717) is 25.9 Å². The van der Waals surface area contributed by atoms with E-state index in [1.54, 1.807) is 36.1 Å². The van der Waals surface area contributed by atoms with Crippen molar-refractivity contribution in [2.24, 2.45) is 0 Å². The molecule has 5 nitrogen and oxygen atoms in total. The quantitative estimate of drug-likeness (QED) is 0.877. The minimum absolute atomic E-state index is 0.0566. The van der Waals surface area contributed by atoms with Gasteiger partial charge in [0.25, 0.3) is 0 Å². The van der Waals surface area contributed by atoms with Crippen LogP contribution in [0.3, 0.4) is 0 Å². The van der Waals surface area contributed by atoms with Crippen molar-refractivity contribution in [3.05, 3.63) is 29.8 Å². The average Bonchev–Trinajstić information content (AvgIpc) is 2.53. The van der Waals surface area contributed by atoms with Crippen molar-refractivity contribution in [1.82, 2.24) is 10.2 Å². The summed E-state index contributed by atoms with van der Waals surface area (Å²) in [6.45, 7) is 4.52. The van der Waals surface area contributed by atoms with Gasteiger partial charge in [-0.2, -0.15) is 0 Å². The van der Waals surface area contributed by atoms with Gasteiger partial charge in [0.1, 0.15) is 11.3 Å². The molecule has 2 rings (SSSR count). The third-order valence-corrected chi connectivity index (χ3v) is 3.80. The largest absolute Gasteiger partial charge is 0.508 e. The zero-order valence-electron chi connectivity index (χ0n) is 11.8. The van der Waals surface area contributed by atoms with Gasteiger partial charge in [-0.05, 0) is 31.0 Å². The number of carbonyl (C=O) groups excluding carboxylic acids is 2. The number of aromatic hydroxyl groups is 1. The van der Waals surface area contributed by atoms with Crippen LogP contribution in [0.1, 0.15) is 32.3 Å². The molecule has 1 fully saturated rings. The van der Waals surface area contributed by atoms with Gasteiger partial charge in [-0.15, -0.1) is 0 Å². The number of rotatable bonds is 3. The molecule has 0 aliphatic carbocycles. The number of nitrogens with zero attached hydrogens (tertiary/aromatic N) is 1. The van der Waals surface area contributed by atoms with Crippen LogP contribution in [-0.2, 0) is 16.1 Å². The molecule has 0 saturated carbocycles. The maximum absolute atomic E-state index is 12.6. The molecule has 2 amide bonds. The second-order valence-corrected chi connectivity index (χ2v) is 5.38. The van der Waals surface area contributed by atoms with Gasteiger partial charge in [0, 0.05) is 19.5 Å². The Kier molecular flexibility index (Phi) is 3.97. The van der Waals surface area contributed by atoms with E-state index >= 15 is 0 Å². The van der Waals surface area contributed by atoms with Crippen LogP contribution < -0.4 is 5.32 Å². The Morgan fingerprint density at radius 1 is 1.30 bits per heavy atom. The Bertz CT molecular complexity index is 512. The van der Waals surface area contributed by atoms with Crippen molar-refractivity contribution in [2.75, 3.05) is 6.54 Å². The van der Waals surface area contributed by atoms with E-state index in [2.05, 4.69) is 5.32 Å². The highest BCUT2D eigenvalue weighted by Crippen LogP contribution is 2.20. The molecule has 1 unspecified atom stereocenters. The van der Waals surface area contributed by atoms with Gasteiger partial charge < -0.3 is 15.3 Å². The highest BCUT2D eigenvalue weighted by molar-refractivity contribution is 5.93. The first-order valence-electron chi connectivity index (χ1n) is 6.83. The molecule has 5 heteroatoms. The lowest BCUT2D eigenvalue weighted by molar-refractivity contribution is -0.138. The summed E-state index contributed by atoms with van der Waals surface area (Å²) in [6.07, 6.45) is 0.878. The molecule has 1 aliphatic rings. The first-order chi connectivity index (χ1) is 9.44. The molecule has 1 aromatic carbocycles. The molecular formula is C15H20N2O3. The molecule has 0 spiro atoms. The topological polar surface area (TPSA) is 69.6 Å². The number of carbonyl (C=O) groups is 2. The number of benzene rings is 1. The number of nitrogens with one attached hydrogen (secondary N) is 1. The molecule has 0 radical (unpaired) electrons. The van der Waals surface area contributed by atoms with Gasteiger partial charge in [0.2, 0.25) is 11.8 Å². The first-order valence-corrected chi connectivity index (χ1v) is 6.83. The summed E-state index contributed by atoms with van der Waals surface area (Å²) in [4.78, 5) is 26.0. The van der Waals surface area contributed by atoms with E-state index in [1.807, 2.05) is 6.92 Å². The summed E-state index contributed by atoms with van der Waals surface area (Å²) < 4.78 is 0. The van der Waals surface area contributed by atoms with Crippen molar-refractivity contribution >= 4 is 11.8 Å².